The van der Waals surface area contributed by atoms with Crippen molar-refractivity contribution in [3.8, 4) is 5.75 Å². The van der Waals surface area contributed by atoms with Crippen LogP contribution in [-0.4, -0.2) is 11.0 Å². The normalized spacial score (nSPS) is 12.4. The third-order valence-electron chi connectivity index (χ3n) is 2.54. The Bertz CT molecular complexity index is 554. The highest BCUT2D eigenvalue weighted by Gasteiger charge is 2.05. The zero-order valence-corrected chi connectivity index (χ0v) is 11.8. The molecule has 0 aliphatic rings. The third-order valence-corrected chi connectivity index (χ3v) is 3.43. The van der Waals surface area contributed by atoms with Crippen LogP contribution in [0.15, 0.2) is 24.4 Å². The van der Waals surface area contributed by atoms with E-state index in [-0.39, 0.29) is 11.9 Å². The lowest BCUT2D eigenvalue weighted by Crippen LogP contribution is -2.17. The number of ether oxygens (including phenoxy) is 1. The maximum Gasteiger partial charge on any atom is 0.127 e. The Morgan fingerprint density at radius 3 is 2.84 bits per heavy atom. The van der Waals surface area contributed by atoms with Crippen molar-refractivity contribution in [2.75, 3.05) is 0 Å². The van der Waals surface area contributed by atoms with Crippen LogP contribution in [0.2, 0.25) is 0 Å². The van der Waals surface area contributed by atoms with Gasteiger partial charge in [-0.2, -0.15) is 0 Å². The van der Waals surface area contributed by atoms with Gasteiger partial charge in [0.1, 0.15) is 18.2 Å². The largest absolute Gasteiger partial charge is 0.488 e. The fraction of sp³-hybridized carbons (Fsp3) is 0.357. The molecule has 0 bridgehead atoms. The highest BCUT2D eigenvalue weighted by Crippen LogP contribution is 2.20. The molecule has 5 heteroatoms. The van der Waals surface area contributed by atoms with Crippen LogP contribution >= 0.6 is 11.3 Å². The van der Waals surface area contributed by atoms with Crippen molar-refractivity contribution in [2.45, 2.75) is 32.9 Å². The lowest BCUT2D eigenvalue weighted by atomic mass is 10.1. The highest BCUT2D eigenvalue weighted by atomic mass is 32.1. The summed E-state index contributed by atoms with van der Waals surface area (Å²) in [6.45, 7) is 4.25. The molecule has 1 aromatic carbocycles. The molecule has 0 saturated heterocycles. The molecule has 102 valence electrons. The Labute approximate surface area is 116 Å². The third kappa shape index (κ3) is 4.29. The summed E-state index contributed by atoms with van der Waals surface area (Å²) in [6.07, 6.45) is 2.41. The molecule has 2 rings (SSSR count). The summed E-state index contributed by atoms with van der Waals surface area (Å²) in [4.78, 5) is 5.17. The van der Waals surface area contributed by atoms with Crippen LogP contribution in [0, 0.1) is 12.7 Å². The van der Waals surface area contributed by atoms with Gasteiger partial charge < -0.3 is 10.5 Å². The quantitative estimate of drug-likeness (QED) is 0.915. The minimum atomic E-state index is -0.298. The van der Waals surface area contributed by atoms with Crippen LogP contribution in [0.4, 0.5) is 4.39 Å². The number of benzene rings is 1. The lowest BCUT2D eigenvalue weighted by Gasteiger charge is -2.09. The predicted molar refractivity (Wildman–Crippen MR) is 74.9 cm³/mol. The van der Waals surface area contributed by atoms with Crippen molar-refractivity contribution in [3.63, 3.8) is 0 Å². The number of aromatic nitrogens is 1. The van der Waals surface area contributed by atoms with Crippen molar-refractivity contribution in [1.29, 1.82) is 0 Å². The second kappa shape index (κ2) is 6.12. The Balaban J connectivity index is 2.05. The van der Waals surface area contributed by atoms with E-state index in [2.05, 4.69) is 4.98 Å². The van der Waals surface area contributed by atoms with Crippen molar-refractivity contribution >= 4 is 11.3 Å². The topological polar surface area (TPSA) is 48.1 Å². The summed E-state index contributed by atoms with van der Waals surface area (Å²) in [5.74, 6) is 0.232. The molecule has 1 heterocycles. The number of halogens is 1. The number of hydrogen-bond donors (Lipinski definition) is 1. The molecular weight excluding hydrogens is 263 g/mol. The minimum absolute atomic E-state index is 0.00112. The standard InChI is InChI=1S/C14H17FN2OS/c1-9(16)3-11-4-12(15)6-13(5-11)18-8-14-7-17-10(2)19-14/h4-7,9H,3,8,16H2,1-2H3. The summed E-state index contributed by atoms with van der Waals surface area (Å²) in [6, 6.07) is 4.71. The molecular formula is C14H17FN2OS. The molecule has 19 heavy (non-hydrogen) atoms. The van der Waals surface area contributed by atoms with Crippen LogP contribution in [0.25, 0.3) is 0 Å². The summed E-state index contributed by atoms with van der Waals surface area (Å²) >= 11 is 1.58. The van der Waals surface area contributed by atoms with E-state index in [0.29, 0.717) is 18.8 Å². The van der Waals surface area contributed by atoms with Crippen LogP contribution in [-0.2, 0) is 13.0 Å². The van der Waals surface area contributed by atoms with Gasteiger partial charge in [0.05, 0.1) is 9.88 Å². The predicted octanol–water partition coefficient (Wildman–Crippen LogP) is 3.06. The molecule has 0 saturated carbocycles. The van der Waals surface area contributed by atoms with E-state index in [1.807, 2.05) is 19.9 Å². The van der Waals surface area contributed by atoms with E-state index < -0.39 is 0 Å². The van der Waals surface area contributed by atoms with Crippen molar-refractivity contribution in [2.24, 2.45) is 5.73 Å². The first-order chi connectivity index (χ1) is 9.02. The molecule has 1 aromatic heterocycles. The van der Waals surface area contributed by atoms with Gasteiger partial charge in [0, 0.05) is 18.3 Å². The summed E-state index contributed by atoms with van der Waals surface area (Å²) in [5.41, 5.74) is 6.57. The van der Waals surface area contributed by atoms with Gasteiger partial charge in [-0.15, -0.1) is 11.3 Å². The molecule has 2 aromatic rings. The number of nitrogens with two attached hydrogens (primary N) is 1. The fourth-order valence-electron chi connectivity index (χ4n) is 1.82. The SMILES string of the molecule is Cc1ncc(COc2cc(F)cc(CC(C)N)c2)s1. The van der Waals surface area contributed by atoms with E-state index in [1.165, 1.54) is 12.1 Å². The molecule has 3 nitrogen and oxygen atoms in total. The maximum absolute atomic E-state index is 13.5. The van der Waals surface area contributed by atoms with E-state index in [4.69, 9.17) is 10.5 Å². The van der Waals surface area contributed by atoms with Crippen LogP contribution in [0.3, 0.4) is 0 Å². The first-order valence-electron chi connectivity index (χ1n) is 6.12. The van der Waals surface area contributed by atoms with Gasteiger partial charge in [-0.1, -0.05) is 0 Å². The first kappa shape index (κ1) is 14.0. The number of aryl methyl sites for hydroxylation is 1. The first-order valence-corrected chi connectivity index (χ1v) is 6.94. The highest BCUT2D eigenvalue weighted by molar-refractivity contribution is 7.11. The van der Waals surface area contributed by atoms with E-state index >= 15 is 0 Å². The average molecular weight is 280 g/mol. The second-order valence-corrected chi connectivity index (χ2v) is 5.93. The van der Waals surface area contributed by atoms with E-state index in [1.54, 1.807) is 17.5 Å². The molecule has 1 atom stereocenters. The Morgan fingerprint density at radius 1 is 1.42 bits per heavy atom. The lowest BCUT2D eigenvalue weighted by molar-refractivity contribution is 0.307. The fourth-order valence-corrected chi connectivity index (χ4v) is 2.53. The van der Waals surface area contributed by atoms with Gasteiger partial charge in [-0.3, -0.25) is 0 Å². The van der Waals surface area contributed by atoms with Crippen molar-refractivity contribution in [1.82, 2.24) is 4.98 Å². The molecule has 0 aliphatic heterocycles. The zero-order valence-electron chi connectivity index (χ0n) is 11.0. The van der Waals surface area contributed by atoms with Crippen LogP contribution in [0.1, 0.15) is 22.4 Å². The van der Waals surface area contributed by atoms with Gasteiger partial charge in [0.2, 0.25) is 0 Å². The zero-order chi connectivity index (χ0) is 13.8. The van der Waals surface area contributed by atoms with Gasteiger partial charge in [0.15, 0.2) is 0 Å². The maximum atomic E-state index is 13.5. The second-order valence-electron chi connectivity index (χ2n) is 4.61. The summed E-state index contributed by atoms with van der Waals surface area (Å²) < 4.78 is 19.1. The van der Waals surface area contributed by atoms with Gasteiger partial charge in [-0.05, 0) is 38.0 Å². The van der Waals surface area contributed by atoms with E-state index in [0.717, 1.165) is 15.4 Å². The van der Waals surface area contributed by atoms with Gasteiger partial charge in [-0.25, -0.2) is 9.37 Å². The van der Waals surface area contributed by atoms with E-state index in [9.17, 15) is 4.39 Å². The molecule has 0 fully saturated rings. The average Bonchev–Trinajstić information content (AvgIpc) is 2.71. The molecule has 1 unspecified atom stereocenters. The van der Waals surface area contributed by atoms with Crippen LogP contribution < -0.4 is 10.5 Å². The molecule has 0 spiro atoms. The number of rotatable bonds is 5. The number of thiazole rings is 1. The minimum Gasteiger partial charge on any atom is -0.488 e. The van der Waals surface area contributed by atoms with Crippen molar-refractivity contribution in [3.05, 3.63) is 45.7 Å². The number of hydrogen-bond acceptors (Lipinski definition) is 4. The summed E-state index contributed by atoms with van der Waals surface area (Å²) in [7, 11) is 0. The summed E-state index contributed by atoms with van der Waals surface area (Å²) in [5, 5.41) is 0.996. The van der Waals surface area contributed by atoms with Crippen LogP contribution in [0.5, 0.6) is 5.75 Å². The monoisotopic (exact) mass is 280 g/mol. The molecule has 0 amide bonds. The Kier molecular flexibility index (Phi) is 4.50. The molecule has 2 N–H and O–H groups in total. The Hall–Kier alpha value is -1.46. The smallest absolute Gasteiger partial charge is 0.127 e. The molecule has 0 aliphatic carbocycles. The molecule has 0 radical (unpaired) electrons. The van der Waals surface area contributed by atoms with Gasteiger partial charge in [0.25, 0.3) is 0 Å². The van der Waals surface area contributed by atoms with Crippen molar-refractivity contribution < 1.29 is 9.13 Å². The number of nitrogens with zero attached hydrogens (tertiary/aromatic N) is 1. The van der Waals surface area contributed by atoms with Gasteiger partial charge >= 0.3 is 0 Å². The Morgan fingerprint density at radius 2 is 2.21 bits per heavy atom.